The zero-order chi connectivity index (χ0) is 19.3. The minimum absolute atomic E-state index is 0.848. The quantitative estimate of drug-likeness (QED) is 0.347. The largest absolute Gasteiger partial charge is 0.496 e. The Morgan fingerprint density at radius 3 is 1.32 bits per heavy atom. The Morgan fingerprint density at radius 1 is 0.536 bits per heavy atom. The molecular weight excluding hydrogens is 348 g/mol. The van der Waals surface area contributed by atoms with Crippen molar-refractivity contribution in [3.05, 3.63) is 83.9 Å². The lowest BCUT2D eigenvalue weighted by molar-refractivity contribution is 0.419. The van der Waals surface area contributed by atoms with E-state index in [-0.39, 0.29) is 0 Å². The van der Waals surface area contributed by atoms with Gasteiger partial charge in [0, 0.05) is 21.9 Å². The van der Waals surface area contributed by atoms with Crippen molar-refractivity contribution in [3.8, 4) is 11.5 Å². The molecule has 0 aliphatic rings. The van der Waals surface area contributed by atoms with E-state index in [9.17, 15) is 0 Å². The Balaban J connectivity index is 1.66. The van der Waals surface area contributed by atoms with Crippen molar-refractivity contribution in [2.75, 3.05) is 14.2 Å². The van der Waals surface area contributed by atoms with E-state index in [1.165, 1.54) is 0 Å². The molecule has 0 heterocycles. The summed E-state index contributed by atoms with van der Waals surface area (Å²) >= 11 is 0. The number of nitrogens with zero attached hydrogens (tertiary/aromatic N) is 2. The van der Waals surface area contributed by atoms with Crippen LogP contribution in [0.3, 0.4) is 0 Å². The lowest BCUT2D eigenvalue weighted by atomic mass is 10.0. The van der Waals surface area contributed by atoms with Crippen molar-refractivity contribution >= 4 is 34.0 Å². The fourth-order valence-electron chi connectivity index (χ4n) is 3.36. The van der Waals surface area contributed by atoms with Crippen LogP contribution in [0.25, 0.3) is 21.5 Å². The molecule has 28 heavy (non-hydrogen) atoms. The van der Waals surface area contributed by atoms with Crippen LogP contribution in [-0.2, 0) is 0 Å². The third kappa shape index (κ3) is 3.32. The predicted molar refractivity (Wildman–Crippen MR) is 116 cm³/mol. The first-order chi connectivity index (χ1) is 13.8. The van der Waals surface area contributed by atoms with Crippen LogP contribution in [0.2, 0.25) is 0 Å². The Bertz CT molecular complexity index is 1100. The summed E-state index contributed by atoms with van der Waals surface area (Å²) < 4.78 is 10.9. The molecule has 0 bridgehead atoms. The van der Waals surface area contributed by atoms with Gasteiger partial charge in [0.25, 0.3) is 0 Å². The SMILES string of the molecule is COc1ccc(/C=N\N=C/c2ccc(OC)c3ccccc23)c2ccccc12. The standard InChI is InChI=1S/C24H20N2O2/c1-27-23-13-11-17(19-7-3-5-9-21(19)23)15-25-26-16-18-12-14-24(28-2)22-10-6-4-8-20(18)22/h3-16H,1-2H3/b25-15-,26-16-. The highest BCUT2D eigenvalue weighted by Gasteiger charge is 2.05. The van der Waals surface area contributed by atoms with Crippen LogP contribution in [-0.4, -0.2) is 26.6 Å². The lowest BCUT2D eigenvalue weighted by Gasteiger charge is -2.07. The molecule has 4 rings (SSSR count). The molecule has 0 fully saturated rings. The highest BCUT2D eigenvalue weighted by Crippen LogP contribution is 2.28. The van der Waals surface area contributed by atoms with Gasteiger partial charge in [0.1, 0.15) is 11.5 Å². The Morgan fingerprint density at radius 2 is 0.929 bits per heavy atom. The Labute approximate surface area is 163 Å². The van der Waals surface area contributed by atoms with E-state index in [0.29, 0.717) is 0 Å². The third-order valence-electron chi connectivity index (χ3n) is 4.74. The summed E-state index contributed by atoms with van der Waals surface area (Å²) in [5.41, 5.74) is 1.99. The average molecular weight is 368 g/mol. The molecule has 4 nitrogen and oxygen atoms in total. The van der Waals surface area contributed by atoms with Crippen LogP contribution in [0.15, 0.2) is 83.0 Å². The van der Waals surface area contributed by atoms with Crippen molar-refractivity contribution in [1.29, 1.82) is 0 Å². The van der Waals surface area contributed by atoms with Crippen molar-refractivity contribution in [2.45, 2.75) is 0 Å². The summed E-state index contributed by atoms with van der Waals surface area (Å²) in [6, 6.07) is 24.1. The fraction of sp³-hybridized carbons (Fsp3) is 0.0833. The van der Waals surface area contributed by atoms with Crippen molar-refractivity contribution in [2.24, 2.45) is 10.2 Å². The maximum Gasteiger partial charge on any atom is 0.126 e. The molecule has 0 saturated heterocycles. The number of fused-ring (bicyclic) bond motifs is 2. The van der Waals surface area contributed by atoms with E-state index < -0.39 is 0 Å². The van der Waals surface area contributed by atoms with Crippen LogP contribution in [0.1, 0.15) is 11.1 Å². The molecule has 0 radical (unpaired) electrons. The van der Waals surface area contributed by atoms with Gasteiger partial charge in [0.05, 0.1) is 26.6 Å². The van der Waals surface area contributed by atoms with E-state index in [4.69, 9.17) is 9.47 Å². The first-order valence-electron chi connectivity index (χ1n) is 8.99. The number of hydrogen-bond acceptors (Lipinski definition) is 4. The summed E-state index contributed by atoms with van der Waals surface area (Å²) in [5, 5.41) is 12.8. The van der Waals surface area contributed by atoms with Gasteiger partial charge in [-0.25, -0.2) is 0 Å². The first-order valence-corrected chi connectivity index (χ1v) is 8.99. The van der Waals surface area contributed by atoms with Crippen LogP contribution in [0.5, 0.6) is 11.5 Å². The molecule has 0 atom stereocenters. The molecular formula is C24H20N2O2. The molecule has 0 aliphatic carbocycles. The summed E-state index contributed by atoms with van der Waals surface area (Å²) in [6.07, 6.45) is 3.54. The fourth-order valence-corrected chi connectivity index (χ4v) is 3.36. The molecule has 4 aromatic rings. The molecule has 0 aliphatic heterocycles. The van der Waals surface area contributed by atoms with Crippen LogP contribution in [0.4, 0.5) is 0 Å². The number of benzene rings is 4. The number of hydrogen-bond donors (Lipinski definition) is 0. The second-order valence-electron chi connectivity index (χ2n) is 6.29. The van der Waals surface area contributed by atoms with E-state index in [1.54, 1.807) is 26.6 Å². The third-order valence-corrected chi connectivity index (χ3v) is 4.74. The number of methoxy groups -OCH3 is 2. The molecule has 4 heteroatoms. The molecule has 0 amide bonds. The topological polar surface area (TPSA) is 43.2 Å². The molecule has 4 aromatic carbocycles. The van der Waals surface area contributed by atoms with Gasteiger partial charge in [0.15, 0.2) is 0 Å². The van der Waals surface area contributed by atoms with Gasteiger partial charge >= 0.3 is 0 Å². The van der Waals surface area contributed by atoms with Crippen molar-refractivity contribution < 1.29 is 9.47 Å². The van der Waals surface area contributed by atoms with E-state index in [1.807, 2.05) is 60.7 Å². The van der Waals surface area contributed by atoms with Gasteiger partial charge in [-0.1, -0.05) is 48.5 Å². The molecule has 0 unspecified atom stereocenters. The normalized spacial score (nSPS) is 11.6. The van der Waals surface area contributed by atoms with E-state index in [2.05, 4.69) is 22.3 Å². The van der Waals surface area contributed by atoms with Crippen LogP contribution < -0.4 is 9.47 Å². The van der Waals surface area contributed by atoms with Gasteiger partial charge < -0.3 is 9.47 Å². The highest BCUT2D eigenvalue weighted by atomic mass is 16.5. The Kier molecular flexibility index (Phi) is 5.02. The van der Waals surface area contributed by atoms with Gasteiger partial charge in [0.2, 0.25) is 0 Å². The Hall–Kier alpha value is -3.66. The van der Waals surface area contributed by atoms with Gasteiger partial charge in [-0.3, -0.25) is 0 Å². The summed E-state index contributed by atoms with van der Waals surface area (Å²) in [7, 11) is 3.36. The smallest absolute Gasteiger partial charge is 0.126 e. The van der Waals surface area contributed by atoms with Crippen LogP contribution >= 0.6 is 0 Å². The summed E-state index contributed by atoms with van der Waals surface area (Å²) in [6.45, 7) is 0. The average Bonchev–Trinajstić information content (AvgIpc) is 2.76. The summed E-state index contributed by atoms with van der Waals surface area (Å²) in [5.74, 6) is 1.70. The monoisotopic (exact) mass is 368 g/mol. The first kappa shape index (κ1) is 17.7. The zero-order valence-corrected chi connectivity index (χ0v) is 15.8. The minimum Gasteiger partial charge on any atom is -0.496 e. The minimum atomic E-state index is 0.848. The molecule has 0 saturated carbocycles. The molecule has 0 spiro atoms. The lowest BCUT2D eigenvalue weighted by Crippen LogP contribution is -1.90. The van der Waals surface area contributed by atoms with Crippen LogP contribution in [0, 0.1) is 0 Å². The second kappa shape index (κ2) is 7.92. The maximum absolute atomic E-state index is 5.44. The molecule has 0 N–H and O–H groups in total. The van der Waals surface area contributed by atoms with E-state index in [0.717, 1.165) is 44.2 Å². The molecule has 0 aromatic heterocycles. The van der Waals surface area contributed by atoms with Gasteiger partial charge in [-0.2, -0.15) is 10.2 Å². The predicted octanol–water partition coefficient (Wildman–Crippen LogP) is 5.46. The summed E-state index contributed by atoms with van der Waals surface area (Å²) in [4.78, 5) is 0. The number of rotatable bonds is 5. The van der Waals surface area contributed by atoms with Crippen molar-refractivity contribution in [3.63, 3.8) is 0 Å². The van der Waals surface area contributed by atoms with Gasteiger partial charge in [-0.15, -0.1) is 0 Å². The second-order valence-corrected chi connectivity index (χ2v) is 6.29. The van der Waals surface area contributed by atoms with E-state index >= 15 is 0 Å². The van der Waals surface area contributed by atoms with Gasteiger partial charge in [-0.05, 0) is 35.0 Å². The molecule has 138 valence electrons. The highest BCUT2D eigenvalue weighted by molar-refractivity contribution is 6.04. The maximum atomic E-state index is 5.44. The zero-order valence-electron chi connectivity index (χ0n) is 15.8. The van der Waals surface area contributed by atoms with Crippen molar-refractivity contribution in [1.82, 2.24) is 0 Å². The number of ether oxygens (including phenoxy) is 2.